The Bertz CT molecular complexity index is 659. The molecule has 104 valence electrons. The maximum atomic E-state index is 13.1. The molecule has 20 heavy (non-hydrogen) atoms. The number of ether oxygens (including phenoxy) is 1. The van der Waals surface area contributed by atoms with Gasteiger partial charge in [-0.2, -0.15) is 0 Å². The van der Waals surface area contributed by atoms with E-state index in [1.54, 1.807) is 12.1 Å². The Kier molecular flexibility index (Phi) is 3.74. The highest BCUT2D eigenvalue weighted by atomic mass is 19.1. The smallest absolute Gasteiger partial charge is 0.250 e. The molecular weight excluding hydrogens is 261 g/mol. The molecule has 0 atom stereocenters. The lowest BCUT2D eigenvalue weighted by Gasteiger charge is -2.14. The number of nitrogen functional groups attached to an aromatic ring is 1. The highest BCUT2D eigenvalue weighted by molar-refractivity contribution is 6.00. The number of amides is 1. The predicted octanol–water partition coefficient (Wildman–Crippen LogP) is 2.26. The standard InChI is InChI=1S/C14H14FN3O2/c1-20-13-6-8(15)2-5-11(13)18-12-7-9(16)3-4-10(12)14(17)19/h2-7,18H,16H2,1H3,(H2,17,19). The van der Waals surface area contributed by atoms with Crippen LogP contribution in [-0.2, 0) is 0 Å². The summed E-state index contributed by atoms with van der Waals surface area (Å²) < 4.78 is 18.2. The zero-order valence-corrected chi connectivity index (χ0v) is 10.8. The second-order valence-corrected chi connectivity index (χ2v) is 4.14. The average Bonchev–Trinajstić information content (AvgIpc) is 2.40. The molecule has 2 rings (SSSR count). The third-order valence-electron chi connectivity index (χ3n) is 2.74. The molecule has 0 aliphatic carbocycles. The molecule has 0 aromatic heterocycles. The maximum absolute atomic E-state index is 13.1. The molecule has 0 radical (unpaired) electrons. The van der Waals surface area contributed by atoms with Crippen LogP contribution in [-0.4, -0.2) is 13.0 Å². The molecular formula is C14H14FN3O2. The van der Waals surface area contributed by atoms with Gasteiger partial charge in [-0.15, -0.1) is 0 Å². The second-order valence-electron chi connectivity index (χ2n) is 4.14. The lowest BCUT2D eigenvalue weighted by Crippen LogP contribution is -2.13. The van der Waals surface area contributed by atoms with E-state index in [-0.39, 0.29) is 5.56 Å². The maximum Gasteiger partial charge on any atom is 0.250 e. The van der Waals surface area contributed by atoms with Gasteiger partial charge in [-0.25, -0.2) is 4.39 Å². The summed E-state index contributed by atoms with van der Waals surface area (Å²) in [6.45, 7) is 0. The Hall–Kier alpha value is -2.76. The molecule has 5 N–H and O–H groups in total. The first-order chi connectivity index (χ1) is 9.51. The first-order valence-electron chi connectivity index (χ1n) is 5.81. The first-order valence-corrected chi connectivity index (χ1v) is 5.81. The number of anilines is 3. The molecule has 0 aliphatic rings. The van der Waals surface area contributed by atoms with E-state index in [0.29, 0.717) is 22.8 Å². The number of methoxy groups -OCH3 is 1. The normalized spacial score (nSPS) is 10.1. The van der Waals surface area contributed by atoms with Gasteiger partial charge in [-0.05, 0) is 30.3 Å². The van der Waals surface area contributed by atoms with Crippen molar-refractivity contribution in [3.05, 3.63) is 47.8 Å². The van der Waals surface area contributed by atoms with Gasteiger partial charge in [0, 0.05) is 11.8 Å². The van der Waals surface area contributed by atoms with E-state index in [0.717, 1.165) is 0 Å². The van der Waals surface area contributed by atoms with Crippen molar-refractivity contribution in [3.63, 3.8) is 0 Å². The fourth-order valence-corrected chi connectivity index (χ4v) is 1.79. The van der Waals surface area contributed by atoms with E-state index in [4.69, 9.17) is 16.2 Å². The summed E-state index contributed by atoms with van der Waals surface area (Å²) in [5, 5.41) is 2.97. The summed E-state index contributed by atoms with van der Waals surface area (Å²) in [6.07, 6.45) is 0. The number of primary amides is 1. The Balaban J connectivity index is 2.44. The van der Waals surface area contributed by atoms with Gasteiger partial charge in [0.2, 0.25) is 0 Å². The zero-order chi connectivity index (χ0) is 14.7. The highest BCUT2D eigenvalue weighted by Crippen LogP contribution is 2.30. The van der Waals surface area contributed by atoms with Crippen molar-refractivity contribution in [2.24, 2.45) is 5.73 Å². The highest BCUT2D eigenvalue weighted by Gasteiger charge is 2.11. The van der Waals surface area contributed by atoms with Crippen LogP contribution in [0.15, 0.2) is 36.4 Å². The molecule has 0 heterocycles. The van der Waals surface area contributed by atoms with Gasteiger partial charge >= 0.3 is 0 Å². The Morgan fingerprint density at radius 3 is 2.60 bits per heavy atom. The van der Waals surface area contributed by atoms with Crippen molar-refractivity contribution in [1.82, 2.24) is 0 Å². The molecule has 0 bridgehead atoms. The molecule has 0 saturated carbocycles. The van der Waals surface area contributed by atoms with E-state index >= 15 is 0 Å². The summed E-state index contributed by atoms with van der Waals surface area (Å²) in [5.41, 5.74) is 12.7. The van der Waals surface area contributed by atoms with Crippen molar-refractivity contribution >= 4 is 23.0 Å². The zero-order valence-electron chi connectivity index (χ0n) is 10.8. The number of benzene rings is 2. The fraction of sp³-hybridized carbons (Fsp3) is 0.0714. The van der Waals surface area contributed by atoms with E-state index in [9.17, 15) is 9.18 Å². The summed E-state index contributed by atoms with van der Waals surface area (Å²) in [4.78, 5) is 11.4. The van der Waals surface area contributed by atoms with Crippen LogP contribution in [0, 0.1) is 5.82 Å². The molecule has 0 saturated heterocycles. The quantitative estimate of drug-likeness (QED) is 0.746. The van der Waals surface area contributed by atoms with Crippen LogP contribution in [0.5, 0.6) is 5.75 Å². The third kappa shape index (κ3) is 2.80. The van der Waals surface area contributed by atoms with Crippen LogP contribution in [0.25, 0.3) is 0 Å². The van der Waals surface area contributed by atoms with Gasteiger partial charge in [0.15, 0.2) is 0 Å². The fourth-order valence-electron chi connectivity index (χ4n) is 1.79. The minimum absolute atomic E-state index is 0.283. The minimum Gasteiger partial charge on any atom is -0.494 e. The number of carbonyl (C=O) groups is 1. The largest absolute Gasteiger partial charge is 0.494 e. The van der Waals surface area contributed by atoms with Gasteiger partial charge in [-0.3, -0.25) is 4.79 Å². The van der Waals surface area contributed by atoms with Crippen molar-refractivity contribution in [2.45, 2.75) is 0 Å². The molecule has 0 spiro atoms. The van der Waals surface area contributed by atoms with Crippen LogP contribution in [0.3, 0.4) is 0 Å². The Labute approximate surface area is 115 Å². The third-order valence-corrected chi connectivity index (χ3v) is 2.74. The number of halogens is 1. The molecule has 1 amide bonds. The molecule has 2 aromatic rings. The van der Waals surface area contributed by atoms with Crippen molar-refractivity contribution < 1.29 is 13.9 Å². The number of nitrogens with one attached hydrogen (secondary N) is 1. The van der Waals surface area contributed by atoms with Gasteiger partial charge in [0.05, 0.1) is 24.0 Å². The van der Waals surface area contributed by atoms with E-state index in [1.165, 1.54) is 31.4 Å². The number of hydrogen-bond donors (Lipinski definition) is 3. The topological polar surface area (TPSA) is 90.4 Å². The van der Waals surface area contributed by atoms with Crippen LogP contribution in [0.2, 0.25) is 0 Å². The number of hydrogen-bond acceptors (Lipinski definition) is 4. The first kappa shape index (κ1) is 13.7. The van der Waals surface area contributed by atoms with E-state index < -0.39 is 11.7 Å². The molecule has 6 heteroatoms. The van der Waals surface area contributed by atoms with Crippen molar-refractivity contribution in [3.8, 4) is 5.75 Å². The van der Waals surface area contributed by atoms with Gasteiger partial charge < -0.3 is 21.5 Å². The summed E-state index contributed by atoms with van der Waals surface area (Å²) in [7, 11) is 1.42. The molecule has 0 aliphatic heterocycles. The van der Waals surface area contributed by atoms with Crippen LogP contribution in [0.4, 0.5) is 21.5 Å². The summed E-state index contributed by atoms with van der Waals surface area (Å²) in [5.74, 6) is -0.702. The number of rotatable bonds is 4. The van der Waals surface area contributed by atoms with Crippen molar-refractivity contribution in [1.29, 1.82) is 0 Å². The predicted molar refractivity (Wildman–Crippen MR) is 75.6 cm³/mol. The van der Waals surface area contributed by atoms with Crippen LogP contribution in [0.1, 0.15) is 10.4 Å². The van der Waals surface area contributed by atoms with Crippen molar-refractivity contribution in [2.75, 3.05) is 18.2 Å². The molecule has 0 unspecified atom stereocenters. The van der Waals surface area contributed by atoms with Gasteiger partial charge in [0.25, 0.3) is 5.91 Å². The molecule has 2 aromatic carbocycles. The lowest BCUT2D eigenvalue weighted by molar-refractivity contribution is 0.100. The van der Waals surface area contributed by atoms with Crippen LogP contribution < -0.4 is 21.5 Å². The summed E-state index contributed by atoms with van der Waals surface area (Å²) in [6, 6.07) is 8.69. The van der Waals surface area contributed by atoms with Gasteiger partial charge in [-0.1, -0.05) is 0 Å². The lowest BCUT2D eigenvalue weighted by atomic mass is 10.1. The van der Waals surface area contributed by atoms with E-state index in [1.807, 2.05) is 0 Å². The monoisotopic (exact) mass is 275 g/mol. The van der Waals surface area contributed by atoms with E-state index in [2.05, 4.69) is 5.32 Å². The molecule has 5 nitrogen and oxygen atoms in total. The Morgan fingerprint density at radius 2 is 1.95 bits per heavy atom. The van der Waals surface area contributed by atoms with Gasteiger partial charge in [0.1, 0.15) is 11.6 Å². The SMILES string of the molecule is COc1cc(F)ccc1Nc1cc(N)ccc1C(N)=O. The second kappa shape index (κ2) is 5.48. The number of carbonyl (C=O) groups excluding carboxylic acids is 1. The summed E-state index contributed by atoms with van der Waals surface area (Å²) >= 11 is 0. The minimum atomic E-state index is -0.589. The number of nitrogens with two attached hydrogens (primary N) is 2. The molecule has 0 fully saturated rings. The average molecular weight is 275 g/mol. The Morgan fingerprint density at radius 1 is 1.20 bits per heavy atom. The van der Waals surface area contributed by atoms with Crippen LogP contribution >= 0.6 is 0 Å².